The third kappa shape index (κ3) is 4.48. The summed E-state index contributed by atoms with van der Waals surface area (Å²) in [4.78, 5) is 25.8. The lowest BCUT2D eigenvalue weighted by molar-refractivity contribution is -0.390. The molecule has 1 heterocycles. The first-order valence-electron chi connectivity index (χ1n) is 6.89. The molecule has 0 aliphatic heterocycles. The molecule has 0 spiro atoms. The van der Waals surface area contributed by atoms with Gasteiger partial charge in [0.15, 0.2) is 6.61 Å². The van der Waals surface area contributed by atoms with E-state index in [4.69, 9.17) is 25.8 Å². The number of benzene rings is 1. The van der Waals surface area contributed by atoms with E-state index in [1.165, 1.54) is 44.7 Å². The van der Waals surface area contributed by atoms with Gasteiger partial charge in [0.2, 0.25) is 5.75 Å². The zero-order valence-electron chi connectivity index (χ0n) is 13.3. The van der Waals surface area contributed by atoms with E-state index in [2.05, 4.69) is 10.3 Å². The second-order valence-corrected chi connectivity index (χ2v) is 5.01. The Morgan fingerprint density at radius 2 is 2.00 bits per heavy atom. The molecule has 0 aliphatic carbocycles. The highest BCUT2D eigenvalue weighted by atomic mass is 35.5. The van der Waals surface area contributed by atoms with Crippen molar-refractivity contribution in [2.45, 2.75) is 0 Å². The molecule has 2 aromatic rings. The van der Waals surface area contributed by atoms with Crippen molar-refractivity contribution in [3.05, 3.63) is 45.6 Å². The van der Waals surface area contributed by atoms with Crippen molar-refractivity contribution in [1.82, 2.24) is 4.98 Å². The smallest absolute Gasteiger partial charge is 0.406 e. The number of nitrogens with one attached hydrogen (secondary N) is 1. The van der Waals surface area contributed by atoms with Gasteiger partial charge < -0.3 is 29.6 Å². The number of amides is 1. The first-order chi connectivity index (χ1) is 12.0. The summed E-state index contributed by atoms with van der Waals surface area (Å²) in [5.74, 6) is -0.416. The average Bonchev–Trinajstić information content (AvgIpc) is 2.60. The Labute approximate surface area is 147 Å². The fourth-order valence-corrected chi connectivity index (χ4v) is 2.16. The Balaban J connectivity index is 2.09. The summed E-state index contributed by atoms with van der Waals surface area (Å²) in [7, 11) is 2.88. The number of nitro groups is 1. The van der Waals surface area contributed by atoms with Crippen molar-refractivity contribution < 1.29 is 23.9 Å². The molecule has 0 saturated heterocycles. The van der Waals surface area contributed by atoms with Crippen LogP contribution < -0.4 is 19.5 Å². The lowest BCUT2D eigenvalue weighted by Crippen LogP contribution is -2.21. The Bertz CT molecular complexity index is 799. The maximum Gasteiger partial charge on any atom is 0.406 e. The molecule has 2 rings (SSSR count). The summed E-state index contributed by atoms with van der Waals surface area (Å²) in [5, 5.41) is 13.7. The molecule has 9 nitrogen and oxygen atoms in total. The second-order valence-electron chi connectivity index (χ2n) is 4.61. The third-order valence-electron chi connectivity index (χ3n) is 3.03. The molecule has 0 radical (unpaired) electrons. The minimum atomic E-state index is -0.695. The molecule has 25 heavy (non-hydrogen) atoms. The van der Waals surface area contributed by atoms with E-state index in [1.54, 1.807) is 0 Å². The molecule has 1 aromatic carbocycles. The normalized spacial score (nSPS) is 10.0. The molecule has 0 bridgehead atoms. The predicted molar refractivity (Wildman–Crippen MR) is 89.6 cm³/mol. The van der Waals surface area contributed by atoms with E-state index in [9.17, 15) is 14.9 Å². The summed E-state index contributed by atoms with van der Waals surface area (Å²) in [6.07, 6.45) is 1.26. The molecule has 0 fully saturated rings. The standard InChI is InChI=1S/C15H14ClN3O6/c1-23-12-7-13(24-2)10(6-9(12)16)18-14(20)8-25-11-4-3-5-17-15(11)19(21)22/h3-7H,8H2,1-2H3,(H,18,20). The number of halogens is 1. The van der Waals surface area contributed by atoms with Gasteiger partial charge in [-0.1, -0.05) is 11.6 Å². The van der Waals surface area contributed by atoms with Gasteiger partial charge in [-0.3, -0.25) is 4.79 Å². The van der Waals surface area contributed by atoms with E-state index in [-0.39, 0.29) is 10.8 Å². The fraction of sp³-hybridized carbons (Fsp3) is 0.200. The molecule has 0 atom stereocenters. The zero-order valence-corrected chi connectivity index (χ0v) is 14.1. The van der Waals surface area contributed by atoms with Gasteiger partial charge in [0.25, 0.3) is 5.91 Å². The summed E-state index contributed by atoms with van der Waals surface area (Å²) < 4.78 is 15.4. The number of hydrogen-bond donors (Lipinski definition) is 1. The monoisotopic (exact) mass is 367 g/mol. The van der Waals surface area contributed by atoms with E-state index < -0.39 is 23.3 Å². The largest absolute Gasteiger partial charge is 0.495 e. The number of hydrogen-bond acceptors (Lipinski definition) is 7. The van der Waals surface area contributed by atoms with Gasteiger partial charge in [-0.2, -0.15) is 0 Å². The van der Waals surface area contributed by atoms with E-state index in [1.807, 2.05) is 0 Å². The highest BCUT2D eigenvalue weighted by Gasteiger charge is 2.18. The lowest BCUT2D eigenvalue weighted by atomic mass is 10.2. The minimum Gasteiger partial charge on any atom is -0.495 e. The average molecular weight is 368 g/mol. The van der Waals surface area contributed by atoms with E-state index in [0.29, 0.717) is 17.2 Å². The molecule has 0 aliphatic rings. The van der Waals surface area contributed by atoms with Gasteiger partial charge in [0.05, 0.1) is 24.9 Å². The third-order valence-corrected chi connectivity index (χ3v) is 3.33. The Morgan fingerprint density at radius 3 is 2.64 bits per heavy atom. The van der Waals surface area contributed by atoms with Crippen LogP contribution in [0.2, 0.25) is 5.02 Å². The van der Waals surface area contributed by atoms with Gasteiger partial charge in [-0.25, -0.2) is 0 Å². The zero-order chi connectivity index (χ0) is 18.4. The van der Waals surface area contributed by atoms with Crippen LogP contribution in [0.25, 0.3) is 0 Å². The summed E-state index contributed by atoms with van der Waals surface area (Å²) in [6.45, 7) is -0.459. The minimum absolute atomic E-state index is 0.109. The quantitative estimate of drug-likeness (QED) is 0.591. The van der Waals surface area contributed by atoms with Gasteiger partial charge in [-0.15, -0.1) is 0 Å². The second kappa shape index (κ2) is 8.15. The van der Waals surface area contributed by atoms with Crippen LogP contribution in [-0.4, -0.2) is 36.6 Å². The number of rotatable bonds is 7. The fourth-order valence-electron chi connectivity index (χ4n) is 1.92. The molecule has 1 aromatic heterocycles. The van der Waals surface area contributed by atoms with Gasteiger partial charge in [-0.05, 0) is 28.1 Å². The van der Waals surface area contributed by atoms with Crippen molar-refractivity contribution in [2.24, 2.45) is 0 Å². The molecule has 0 saturated carbocycles. The number of nitrogens with zero attached hydrogens (tertiary/aromatic N) is 2. The van der Waals surface area contributed by atoms with Crippen LogP contribution in [0, 0.1) is 10.1 Å². The van der Waals surface area contributed by atoms with Crippen LogP contribution in [0.5, 0.6) is 17.2 Å². The van der Waals surface area contributed by atoms with Crippen molar-refractivity contribution in [3.63, 3.8) is 0 Å². The molecule has 1 N–H and O–H groups in total. The van der Waals surface area contributed by atoms with E-state index in [0.717, 1.165) is 0 Å². The van der Waals surface area contributed by atoms with Crippen LogP contribution in [-0.2, 0) is 4.79 Å². The van der Waals surface area contributed by atoms with Crippen molar-refractivity contribution in [3.8, 4) is 17.2 Å². The number of aromatic nitrogens is 1. The maximum absolute atomic E-state index is 12.0. The number of anilines is 1. The molecular weight excluding hydrogens is 354 g/mol. The highest BCUT2D eigenvalue weighted by Crippen LogP contribution is 2.35. The first kappa shape index (κ1) is 18.3. The highest BCUT2D eigenvalue weighted by molar-refractivity contribution is 6.32. The number of methoxy groups -OCH3 is 2. The topological polar surface area (TPSA) is 113 Å². The summed E-state index contributed by atoms with van der Waals surface area (Å²) in [6, 6.07) is 5.80. The van der Waals surface area contributed by atoms with Crippen molar-refractivity contribution in [1.29, 1.82) is 0 Å². The molecule has 10 heteroatoms. The van der Waals surface area contributed by atoms with Gasteiger partial charge in [0.1, 0.15) is 17.7 Å². The van der Waals surface area contributed by atoms with Crippen LogP contribution in [0.3, 0.4) is 0 Å². The van der Waals surface area contributed by atoms with Crippen molar-refractivity contribution >= 4 is 29.0 Å². The van der Waals surface area contributed by atoms with Gasteiger partial charge >= 0.3 is 5.82 Å². The van der Waals surface area contributed by atoms with Crippen molar-refractivity contribution in [2.75, 3.05) is 26.1 Å². The predicted octanol–water partition coefficient (Wildman–Crippen LogP) is 2.68. The van der Waals surface area contributed by atoms with Crippen LogP contribution in [0.15, 0.2) is 30.5 Å². The maximum atomic E-state index is 12.0. The summed E-state index contributed by atoms with van der Waals surface area (Å²) >= 11 is 6.02. The number of carbonyl (C=O) groups is 1. The lowest BCUT2D eigenvalue weighted by Gasteiger charge is -2.13. The first-order valence-corrected chi connectivity index (χ1v) is 7.27. The Morgan fingerprint density at radius 1 is 1.28 bits per heavy atom. The molecule has 132 valence electrons. The van der Waals surface area contributed by atoms with E-state index >= 15 is 0 Å². The van der Waals surface area contributed by atoms with Gasteiger partial charge in [0, 0.05) is 6.07 Å². The molecule has 1 amide bonds. The number of carbonyl (C=O) groups excluding carboxylic acids is 1. The Kier molecular flexibility index (Phi) is 5.96. The number of ether oxygens (including phenoxy) is 3. The SMILES string of the molecule is COc1cc(OC)c(NC(=O)COc2cccnc2[N+](=O)[O-])cc1Cl. The van der Waals surface area contributed by atoms with Crippen LogP contribution >= 0.6 is 11.6 Å². The molecule has 0 unspecified atom stereocenters. The molecular formula is C15H14ClN3O6. The Hall–Kier alpha value is -3.07. The van der Waals surface area contributed by atoms with Crippen LogP contribution in [0.1, 0.15) is 0 Å². The van der Waals surface area contributed by atoms with Crippen LogP contribution in [0.4, 0.5) is 11.5 Å². The number of pyridine rings is 1. The summed E-state index contributed by atoms with van der Waals surface area (Å²) in [5.41, 5.74) is 0.308.